The molecule has 1 aromatic rings. The second-order valence-corrected chi connectivity index (χ2v) is 6.25. The summed E-state index contributed by atoms with van der Waals surface area (Å²) in [5.74, 6) is 0. The van der Waals surface area contributed by atoms with Crippen LogP contribution >= 0.6 is 11.8 Å². The van der Waals surface area contributed by atoms with Crippen LogP contribution in [-0.2, 0) is 0 Å². The SMILES string of the molecule is CSC1CCC(Nc2cc([N+](=O)[O-])ccc2C)CC1. The number of aryl methyl sites for hydroxylation is 1. The number of thioether (sulfide) groups is 1. The van der Waals surface area contributed by atoms with Crippen molar-refractivity contribution in [3.8, 4) is 0 Å². The van der Waals surface area contributed by atoms with Crippen molar-refractivity contribution in [2.24, 2.45) is 0 Å². The van der Waals surface area contributed by atoms with E-state index in [9.17, 15) is 10.1 Å². The molecule has 0 bridgehead atoms. The molecule has 0 atom stereocenters. The van der Waals surface area contributed by atoms with Crippen LogP contribution in [0.4, 0.5) is 11.4 Å². The molecule has 1 N–H and O–H groups in total. The van der Waals surface area contributed by atoms with E-state index in [0.29, 0.717) is 6.04 Å². The maximum absolute atomic E-state index is 10.8. The largest absolute Gasteiger partial charge is 0.382 e. The minimum absolute atomic E-state index is 0.158. The molecular formula is C14H20N2O2S. The van der Waals surface area contributed by atoms with Crippen molar-refractivity contribution in [3.05, 3.63) is 33.9 Å². The van der Waals surface area contributed by atoms with Crippen molar-refractivity contribution in [3.63, 3.8) is 0 Å². The van der Waals surface area contributed by atoms with E-state index in [-0.39, 0.29) is 10.6 Å². The average Bonchev–Trinajstić information content (AvgIpc) is 2.42. The molecule has 1 aliphatic rings. The van der Waals surface area contributed by atoms with E-state index in [1.54, 1.807) is 12.1 Å². The zero-order valence-electron chi connectivity index (χ0n) is 11.4. The van der Waals surface area contributed by atoms with E-state index >= 15 is 0 Å². The lowest BCUT2D eigenvalue weighted by Crippen LogP contribution is -2.27. The molecule has 4 nitrogen and oxygen atoms in total. The van der Waals surface area contributed by atoms with Crippen LogP contribution in [0.3, 0.4) is 0 Å². The zero-order chi connectivity index (χ0) is 13.8. The molecular weight excluding hydrogens is 260 g/mol. The number of nitro groups is 1. The van der Waals surface area contributed by atoms with Gasteiger partial charge < -0.3 is 5.32 Å². The molecule has 0 saturated heterocycles. The molecule has 1 aliphatic carbocycles. The highest BCUT2D eigenvalue weighted by Gasteiger charge is 2.21. The lowest BCUT2D eigenvalue weighted by molar-refractivity contribution is -0.384. The molecule has 0 amide bonds. The van der Waals surface area contributed by atoms with Gasteiger partial charge in [0.1, 0.15) is 0 Å². The molecule has 2 rings (SSSR count). The predicted molar refractivity (Wildman–Crippen MR) is 81.0 cm³/mol. The molecule has 0 heterocycles. The third-order valence-electron chi connectivity index (χ3n) is 3.80. The molecule has 1 saturated carbocycles. The first-order chi connectivity index (χ1) is 9.10. The zero-order valence-corrected chi connectivity index (χ0v) is 12.2. The summed E-state index contributed by atoms with van der Waals surface area (Å²) >= 11 is 1.95. The summed E-state index contributed by atoms with van der Waals surface area (Å²) in [4.78, 5) is 10.5. The van der Waals surface area contributed by atoms with Gasteiger partial charge in [0.25, 0.3) is 5.69 Å². The molecule has 104 valence electrons. The summed E-state index contributed by atoms with van der Waals surface area (Å²) in [5, 5.41) is 15.1. The van der Waals surface area contributed by atoms with Crippen LogP contribution < -0.4 is 5.32 Å². The van der Waals surface area contributed by atoms with Gasteiger partial charge in [-0.2, -0.15) is 11.8 Å². The second kappa shape index (κ2) is 6.28. The molecule has 0 spiro atoms. The Balaban J connectivity index is 2.03. The van der Waals surface area contributed by atoms with E-state index < -0.39 is 0 Å². The summed E-state index contributed by atoms with van der Waals surface area (Å²) in [6, 6.07) is 5.47. The molecule has 0 unspecified atom stereocenters. The van der Waals surface area contributed by atoms with Gasteiger partial charge >= 0.3 is 0 Å². The van der Waals surface area contributed by atoms with E-state index in [0.717, 1.165) is 29.3 Å². The minimum Gasteiger partial charge on any atom is -0.382 e. The monoisotopic (exact) mass is 280 g/mol. The number of rotatable bonds is 4. The van der Waals surface area contributed by atoms with Crippen molar-refractivity contribution < 1.29 is 4.92 Å². The molecule has 1 fully saturated rings. The van der Waals surface area contributed by atoms with E-state index in [2.05, 4.69) is 11.6 Å². The number of nitro benzene ring substituents is 1. The number of nitrogens with one attached hydrogen (secondary N) is 1. The van der Waals surface area contributed by atoms with Crippen LogP contribution in [-0.4, -0.2) is 22.5 Å². The number of hydrogen-bond acceptors (Lipinski definition) is 4. The third-order valence-corrected chi connectivity index (χ3v) is 4.94. The van der Waals surface area contributed by atoms with Crippen LogP contribution in [0, 0.1) is 17.0 Å². The summed E-state index contributed by atoms with van der Waals surface area (Å²) in [6.45, 7) is 1.99. The maximum Gasteiger partial charge on any atom is 0.271 e. The minimum atomic E-state index is -0.338. The number of hydrogen-bond donors (Lipinski definition) is 1. The van der Waals surface area contributed by atoms with Crippen LogP contribution in [0.2, 0.25) is 0 Å². The first-order valence-corrected chi connectivity index (χ1v) is 7.93. The smallest absolute Gasteiger partial charge is 0.271 e. The quantitative estimate of drug-likeness (QED) is 0.669. The van der Waals surface area contributed by atoms with Gasteiger partial charge in [-0.25, -0.2) is 0 Å². The number of anilines is 1. The van der Waals surface area contributed by atoms with Gasteiger partial charge in [0.15, 0.2) is 0 Å². The Morgan fingerprint density at radius 2 is 2.00 bits per heavy atom. The normalized spacial score (nSPS) is 23.1. The number of nitrogens with zero attached hydrogens (tertiary/aromatic N) is 1. The summed E-state index contributed by atoms with van der Waals surface area (Å²) in [5.41, 5.74) is 2.13. The van der Waals surface area contributed by atoms with E-state index in [4.69, 9.17) is 0 Å². The van der Waals surface area contributed by atoms with Crippen LogP contribution in [0.1, 0.15) is 31.2 Å². The van der Waals surface area contributed by atoms with Crippen molar-refractivity contribution in [1.29, 1.82) is 0 Å². The Hall–Kier alpha value is -1.23. The lowest BCUT2D eigenvalue weighted by atomic mass is 9.94. The van der Waals surface area contributed by atoms with Crippen LogP contribution in [0.5, 0.6) is 0 Å². The average molecular weight is 280 g/mol. The first kappa shape index (κ1) is 14.2. The van der Waals surface area contributed by atoms with Crippen molar-refractivity contribution in [1.82, 2.24) is 0 Å². The summed E-state index contributed by atoms with van der Waals surface area (Å²) in [7, 11) is 0. The Morgan fingerprint density at radius 3 is 2.58 bits per heavy atom. The molecule has 1 aromatic carbocycles. The van der Waals surface area contributed by atoms with Crippen LogP contribution in [0.15, 0.2) is 18.2 Å². The molecule has 0 aliphatic heterocycles. The van der Waals surface area contributed by atoms with E-state index in [1.807, 2.05) is 24.8 Å². The number of non-ortho nitro benzene ring substituents is 1. The van der Waals surface area contributed by atoms with Gasteiger partial charge in [-0.05, 0) is 44.4 Å². The second-order valence-electron chi connectivity index (χ2n) is 5.11. The van der Waals surface area contributed by atoms with Gasteiger partial charge in [0, 0.05) is 29.1 Å². The Morgan fingerprint density at radius 1 is 1.32 bits per heavy atom. The Labute approximate surface area is 118 Å². The molecule has 0 radical (unpaired) electrons. The predicted octanol–water partition coefficient (Wildman–Crippen LogP) is 3.99. The topological polar surface area (TPSA) is 55.2 Å². The van der Waals surface area contributed by atoms with Crippen LogP contribution in [0.25, 0.3) is 0 Å². The fourth-order valence-corrected chi connectivity index (χ4v) is 3.29. The first-order valence-electron chi connectivity index (χ1n) is 6.64. The highest BCUT2D eigenvalue weighted by atomic mass is 32.2. The third kappa shape index (κ3) is 3.62. The van der Waals surface area contributed by atoms with E-state index in [1.165, 1.54) is 12.8 Å². The fourth-order valence-electron chi connectivity index (χ4n) is 2.54. The fraction of sp³-hybridized carbons (Fsp3) is 0.571. The van der Waals surface area contributed by atoms with Crippen molar-refractivity contribution in [2.75, 3.05) is 11.6 Å². The van der Waals surface area contributed by atoms with Gasteiger partial charge in [-0.3, -0.25) is 10.1 Å². The van der Waals surface area contributed by atoms with Crippen molar-refractivity contribution in [2.45, 2.75) is 43.9 Å². The standard InChI is InChI=1S/C14H20N2O2S/c1-10-3-6-12(16(17)18)9-14(10)15-11-4-7-13(19-2)8-5-11/h3,6,9,11,13,15H,4-5,7-8H2,1-2H3. The molecule has 19 heavy (non-hydrogen) atoms. The van der Waals surface area contributed by atoms with Gasteiger partial charge in [0.05, 0.1) is 4.92 Å². The number of benzene rings is 1. The Bertz CT molecular complexity index is 457. The highest BCUT2D eigenvalue weighted by Crippen LogP contribution is 2.30. The van der Waals surface area contributed by atoms with Gasteiger partial charge in [-0.15, -0.1) is 0 Å². The molecule has 5 heteroatoms. The summed E-state index contributed by atoms with van der Waals surface area (Å²) in [6.07, 6.45) is 6.92. The van der Waals surface area contributed by atoms with Crippen molar-refractivity contribution >= 4 is 23.1 Å². The Kier molecular flexibility index (Phi) is 4.69. The lowest BCUT2D eigenvalue weighted by Gasteiger charge is -2.29. The molecule has 0 aromatic heterocycles. The highest BCUT2D eigenvalue weighted by molar-refractivity contribution is 7.99. The van der Waals surface area contributed by atoms with Gasteiger partial charge in [-0.1, -0.05) is 6.07 Å². The van der Waals surface area contributed by atoms with Gasteiger partial charge in [0.2, 0.25) is 0 Å². The summed E-state index contributed by atoms with van der Waals surface area (Å²) < 4.78 is 0. The maximum atomic E-state index is 10.8.